The van der Waals surface area contributed by atoms with E-state index in [4.69, 9.17) is 10.5 Å². The van der Waals surface area contributed by atoms with Gasteiger partial charge < -0.3 is 15.8 Å². The van der Waals surface area contributed by atoms with Crippen molar-refractivity contribution >= 4 is 22.9 Å². The third-order valence-corrected chi connectivity index (χ3v) is 3.85. The molecular weight excluding hydrogens is 343 g/mol. The van der Waals surface area contributed by atoms with Crippen molar-refractivity contribution in [3.05, 3.63) is 39.8 Å². The molecule has 0 aliphatic heterocycles. The Morgan fingerprint density at radius 3 is 2.75 bits per heavy atom. The summed E-state index contributed by atoms with van der Waals surface area (Å²) < 4.78 is 44.0. The lowest BCUT2D eigenvalue weighted by Gasteiger charge is -2.14. The molecule has 0 saturated carbocycles. The zero-order chi connectivity index (χ0) is 17.7. The number of nitrogens with two attached hydrogens (primary N) is 1. The van der Waals surface area contributed by atoms with Crippen LogP contribution in [0.4, 0.5) is 18.9 Å². The van der Waals surface area contributed by atoms with E-state index in [1.54, 1.807) is 0 Å². The van der Waals surface area contributed by atoms with Gasteiger partial charge in [-0.3, -0.25) is 4.79 Å². The molecule has 5 nitrogen and oxygen atoms in total. The average molecular weight is 359 g/mol. The molecule has 3 N–H and O–H groups in total. The number of carbonyl (C=O) groups excluding carboxylic acids is 1. The van der Waals surface area contributed by atoms with E-state index in [-0.39, 0.29) is 23.7 Å². The van der Waals surface area contributed by atoms with Gasteiger partial charge >= 0.3 is 6.18 Å². The molecule has 2 rings (SSSR count). The number of benzene rings is 1. The lowest BCUT2D eigenvalue weighted by atomic mass is 10.1. The summed E-state index contributed by atoms with van der Waals surface area (Å²) in [6.45, 7) is 2.38. The van der Waals surface area contributed by atoms with Crippen molar-refractivity contribution in [2.75, 3.05) is 11.9 Å². The van der Waals surface area contributed by atoms with E-state index in [2.05, 4.69) is 10.3 Å². The first-order valence-electron chi connectivity index (χ1n) is 7.15. The molecule has 0 saturated heterocycles. The number of aromatic nitrogens is 1. The number of alkyl halides is 3. The van der Waals surface area contributed by atoms with Gasteiger partial charge in [0.25, 0.3) is 5.91 Å². The van der Waals surface area contributed by atoms with Crippen molar-refractivity contribution in [2.45, 2.75) is 26.1 Å². The van der Waals surface area contributed by atoms with Crippen molar-refractivity contribution in [1.82, 2.24) is 4.98 Å². The Bertz CT molecular complexity index is 716. The molecule has 24 heavy (non-hydrogen) atoms. The lowest BCUT2D eigenvalue weighted by Crippen LogP contribution is -2.15. The molecule has 130 valence electrons. The number of carbonyl (C=O) groups is 1. The summed E-state index contributed by atoms with van der Waals surface area (Å²) in [7, 11) is 0. The van der Waals surface area contributed by atoms with Crippen LogP contribution < -0.4 is 15.8 Å². The summed E-state index contributed by atoms with van der Waals surface area (Å²) in [5, 5.41) is 4.48. The normalized spacial score (nSPS) is 11.4. The molecule has 1 heterocycles. The smallest absolute Gasteiger partial charge is 0.416 e. The molecule has 0 fully saturated rings. The molecule has 2 aromatic rings. The van der Waals surface area contributed by atoms with E-state index in [0.29, 0.717) is 18.0 Å². The van der Waals surface area contributed by atoms with Crippen molar-refractivity contribution < 1.29 is 22.7 Å². The molecule has 1 amide bonds. The van der Waals surface area contributed by atoms with Gasteiger partial charge in [-0.1, -0.05) is 6.92 Å². The Morgan fingerprint density at radius 2 is 2.17 bits per heavy atom. The van der Waals surface area contributed by atoms with Gasteiger partial charge in [0.15, 0.2) is 0 Å². The fraction of sp³-hybridized carbons (Fsp3) is 0.333. The van der Waals surface area contributed by atoms with Gasteiger partial charge in [-0.05, 0) is 24.6 Å². The Kier molecular flexibility index (Phi) is 5.79. The van der Waals surface area contributed by atoms with Gasteiger partial charge in [0, 0.05) is 11.9 Å². The fourth-order valence-corrected chi connectivity index (χ4v) is 2.49. The van der Waals surface area contributed by atoms with E-state index in [0.717, 1.165) is 12.1 Å². The highest BCUT2D eigenvalue weighted by atomic mass is 32.1. The third kappa shape index (κ3) is 4.45. The minimum absolute atomic E-state index is 0.0504. The van der Waals surface area contributed by atoms with Crippen molar-refractivity contribution in [1.29, 1.82) is 0 Å². The Labute approximate surface area is 140 Å². The third-order valence-electron chi connectivity index (χ3n) is 2.98. The second-order valence-electron chi connectivity index (χ2n) is 4.84. The van der Waals surface area contributed by atoms with E-state index < -0.39 is 17.6 Å². The maximum absolute atomic E-state index is 12.9. The van der Waals surface area contributed by atoms with Crippen molar-refractivity contribution in [3.8, 4) is 5.75 Å². The van der Waals surface area contributed by atoms with Crippen LogP contribution in [0.5, 0.6) is 5.75 Å². The molecule has 0 atom stereocenters. The standard InChI is InChI=1S/C15H16F3N3O2S/c1-2-5-23-12-4-3-9(15(16,17)18)6-10(12)21-14(22)11-8-24-13(7-19)20-11/h3-4,6,8H,2,5,7,19H2,1H3,(H,21,22). The first kappa shape index (κ1) is 18.2. The van der Waals surface area contributed by atoms with Crippen LogP contribution in [0.1, 0.15) is 34.4 Å². The summed E-state index contributed by atoms with van der Waals surface area (Å²) in [6, 6.07) is 2.95. The van der Waals surface area contributed by atoms with Gasteiger partial charge in [-0.25, -0.2) is 4.98 Å². The molecule has 1 aromatic carbocycles. The van der Waals surface area contributed by atoms with E-state index in [1.807, 2.05) is 6.92 Å². The number of thiazole rings is 1. The molecule has 0 aliphatic rings. The minimum Gasteiger partial charge on any atom is -0.491 e. The first-order valence-corrected chi connectivity index (χ1v) is 8.03. The highest BCUT2D eigenvalue weighted by Gasteiger charge is 2.31. The number of ether oxygens (including phenoxy) is 1. The van der Waals surface area contributed by atoms with Crippen molar-refractivity contribution in [3.63, 3.8) is 0 Å². The van der Waals surface area contributed by atoms with E-state index in [9.17, 15) is 18.0 Å². The van der Waals surface area contributed by atoms with Crippen LogP contribution in [0.3, 0.4) is 0 Å². The van der Waals surface area contributed by atoms with Crippen LogP contribution >= 0.6 is 11.3 Å². The molecule has 0 bridgehead atoms. The number of amides is 1. The number of anilines is 1. The zero-order valence-electron chi connectivity index (χ0n) is 12.8. The second kappa shape index (κ2) is 7.63. The zero-order valence-corrected chi connectivity index (χ0v) is 13.6. The molecule has 9 heteroatoms. The highest BCUT2D eigenvalue weighted by molar-refractivity contribution is 7.09. The van der Waals surface area contributed by atoms with Crippen LogP contribution in [0.25, 0.3) is 0 Å². The number of hydrogen-bond acceptors (Lipinski definition) is 5. The number of hydrogen-bond donors (Lipinski definition) is 2. The number of nitrogens with one attached hydrogen (secondary N) is 1. The van der Waals surface area contributed by atoms with Crippen molar-refractivity contribution in [2.24, 2.45) is 5.73 Å². The number of rotatable bonds is 6. The minimum atomic E-state index is -4.52. The quantitative estimate of drug-likeness (QED) is 0.825. The summed E-state index contributed by atoms with van der Waals surface area (Å²) in [4.78, 5) is 16.2. The summed E-state index contributed by atoms with van der Waals surface area (Å²) in [5.74, 6) is -0.445. The second-order valence-corrected chi connectivity index (χ2v) is 5.78. The molecule has 0 spiro atoms. The summed E-state index contributed by atoms with van der Waals surface area (Å²) >= 11 is 1.21. The first-order chi connectivity index (χ1) is 11.3. The predicted octanol–water partition coefficient (Wildman–Crippen LogP) is 3.66. The molecule has 0 unspecified atom stereocenters. The van der Waals surface area contributed by atoms with Gasteiger partial charge in [0.2, 0.25) is 0 Å². The average Bonchev–Trinajstić information content (AvgIpc) is 3.02. The van der Waals surface area contributed by atoms with Gasteiger partial charge in [0.1, 0.15) is 16.5 Å². The van der Waals surface area contributed by atoms with E-state index in [1.165, 1.54) is 22.8 Å². The van der Waals surface area contributed by atoms with E-state index >= 15 is 0 Å². The maximum Gasteiger partial charge on any atom is 0.416 e. The topological polar surface area (TPSA) is 77.2 Å². The van der Waals surface area contributed by atoms with Crippen LogP contribution in [0, 0.1) is 0 Å². The number of halogens is 3. The SMILES string of the molecule is CCCOc1ccc(C(F)(F)F)cc1NC(=O)c1csc(CN)n1. The fourth-order valence-electron chi connectivity index (χ4n) is 1.84. The Hall–Kier alpha value is -2.13. The monoisotopic (exact) mass is 359 g/mol. The highest BCUT2D eigenvalue weighted by Crippen LogP contribution is 2.35. The molecule has 1 aromatic heterocycles. The summed E-state index contributed by atoms with van der Waals surface area (Å²) in [6.07, 6.45) is -3.84. The Morgan fingerprint density at radius 1 is 1.42 bits per heavy atom. The molecule has 0 radical (unpaired) electrons. The van der Waals surface area contributed by atoms with Gasteiger partial charge in [0.05, 0.1) is 17.9 Å². The number of nitrogens with zero attached hydrogens (tertiary/aromatic N) is 1. The van der Waals surface area contributed by atoms with Gasteiger partial charge in [-0.2, -0.15) is 13.2 Å². The summed E-state index contributed by atoms with van der Waals surface area (Å²) in [5.41, 5.74) is 4.61. The van der Waals surface area contributed by atoms with Crippen LogP contribution in [0.15, 0.2) is 23.6 Å². The lowest BCUT2D eigenvalue weighted by molar-refractivity contribution is -0.137. The van der Waals surface area contributed by atoms with Crippen LogP contribution in [-0.4, -0.2) is 17.5 Å². The molecular formula is C15H16F3N3O2S. The largest absolute Gasteiger partial charge is 0.491 e. The Balaban J connectivity index is 2.29. The molecule has 0 aliphatic carbocycles. The predicted molar refractivity (Wildman–Crippen MR) is 85.2 cm³/mol. The van der Waals surface area contributed by atoms with Crippen LogP contribution in [0.2, 0.25) is 0 Å². The van der Waals surface area contributed by atoms with Gasteiger partial charge in [-0.15, -0.1) is 11.3 Å². The maximum atomic E-state index is 12.9. The van der Waals surface area contributed by atoms with Crippen LogP contribution in [-0.2, 0) is 12.7 Å².